The van der Waals surface area contributed by atoms with Crippen LogP contribution in [0.15, 0.2) is 60.6 Å². The Hall–Kier alpha value is -3.13. The molecule has 27 heavy (non-hydrogen) atoms. The van der Waals surface area contributed by atoms with Crippen LogP contribution in [-0.2, 0) is 6.54 Å². The number of nitrogens with zero attached hydrogens (tertiary/aromatic N) is 2. The Labute approximate surface area is 175 Å². The number of benzene rings is 3. The van der Waals surface area contributed by atoms with Crippen LogP contribution in [0.4, 0.5) is 0 Å². The maximum atomic E-state index is 9.19. The van der Waals surface area contributed by atoms with Crippen molar-refractivity contribution in [3.8, 4) is 11.3 Å². The van der Waals surface area contributed by atoms with Crippen molar-refractivity contribution in [1.29, 1.82) is 0 Å². The van der Waals surface area contributed by atoms with Gasteiger partial charge in [0.05, 0.1) is 16.4 Å². The van der Waals surface area contributed by atoms with Crippen LogP contribution in [0.5, 0.6) is 0 Å². The minimum Gasteiger partial charge on any atom is -0.225 e. The number of imidazole rings is 1. The van der Waals surface area contributed by atoms with E-state index < -0.39 is 24.5 Å². The highest BCUT2D eigenvalue weighted by atomic mass is 15.1. The van der Waals surface area contributed by atoms with E-state index in [4.69, 9.17) is 15.1 Å². The van der Waals surface area contributed by atoms with E-state index in [2.05, 4.69) is 0 Å². The van der Waals surface area contributed by atoms with Crippen LogP contribution >= 0.6 is 0 Å². The second-order valence-electron chi connectivity index (χ2n) is 6.90. The van der Waals surface area contributed by atoms with Crippen molar-refractivity contribution >= 4 is 27.3 Å². The summed E-state index contributed by atoms with van der Waals surface area (Å²) < 4.78 is 105. The summed E-state index contributed by atoms with van der Waals surface area (Å²) in [6.45, 7) is 0.241. The molecule has 0 amide bonds. The van der Waals surface area contributed by atoms with Crippen molar-refractivity contribution < 1.29 is 20.8 Å². The van der Waals surface area contributed by atoms with Crippen molar-refractivity contribution in [3.63, 3.8) is 0 Å². The van der Waals surface area contributed by atoms with Gasteiger partial charge in [0, 0.05) is 26.0 Å². The second kappa shape index (κ2) is 4.98. The number of hydrogen-bond acceptors (Lipinski definition) is 0. The van der Waals surface area contributed by atoms with Gasteiger partial charge in [-0.2, -0.15) is 4.40 Å². The van der Waals surface area contributed by atoms with Gasteiger partial charge in [-0.15, -0.1) is 0 Å². The summed E-state index contributed by atoms with van der Waals surface area (Å²) >= 11 is 0. The van der Waals surface area contributed by atoms with E-state index in [9.17, 15) is 1.37 Å². The zero-order chi connectivity index (χ0) is 28.6. The molecule has 0 radical (unpaired) electrons. The first-order valence-corrected chi connectivity index (χ1v) is 8.62. The molecule has 0 bridgehead atoms. The highest BCUT2D eigenvalue weighted by molar-refractivity contribution is 6.11. The molecule has 0 N–H and O–H groups in total. The summed E-state index contributed by atoms with van der Waals surface area (Å²) in [5.74, 6) is 0. The third kappa shape index (κ3) is 1.83. The van der Waals surface area contributed by atoms with Crippen LogP contribution in [0.3, 0.4) is 0 Å². The monoisotopic (exact) mass is 361 g/mol. The lowest BCUT2D eigenvalue weighted by molar-refractivity contribution is -0.466. The molecular weight excluding hydrogens is 328 g/mol. The lowest BCUT2D eigenvalue weighted by Crippen LogP contribution is -2.24. The van der Waals surface area contributed by atoms with E-state index in [1.54, 1.807) is 13.0 Å². The summed E-state index contributed by atoms with van der Waals surface area (Å²) in [6.07, 6.45) is -0.200. The van der Waals surface area contributed by atoms with Crippen molar-refractivity contribution in [1.82, 2.24) is 4.57 Å². The molecule has 6 rings (SSSR count). The molecule has 2 aromatic heterocycles. The summed E-state index contributed by atoms with van der Waals surface area (Å²) in [7, 11) is 0. The van der Waals surface area contributed by atoms with Gasteiger partial charge in [-0.25, -0.2) is 4.57 Å². The quantitative estimate of drug-likeness (QED) is 0.271. The van der Waals surface area contributed by atoms with Crippen molar-refractivity contribution in [2.45, 2.75) is 27.2 Å². The number of fused-ring (bicyclic) bond motifs is 3. The molecule has 0 fully saturated rings. The van der Waals surface area contributed by atoms with Crippen LogP contribution < -0.4 is 4.40 Å². The summed E-state index contributed by atoms with van der Waals surface area (Å²) in [6, 6.07) is -0.907. The van der Waals surface area contributed by atoms with Crippen LogP contribution in [0, 0.1) is 20.7 Å². The first kappa shape index (κ1) is 7.47. The molecule has 3 heterocycles. The highest BCUT2D eigenvalue weighted by Gasteiger charge is 2.31. The fourth-order valence-electron chi connectivity index (χ4n) is 4.08. The summed E-state index contributed by atoms with van der Waals surface area (Å²) in [5, 5.41) is 1.10. The third-order valence-corrected chi connectivity index (χ3v) is 5.21. The van der Waals surface area contributed by atoms with Gasteiger partial charge in [0.2, 0.25) is 0 Å². The summed E-state index contributed by atoms with van der Waals surface area (Å²) in [4.78, 5) is 0. The molecule has 0 saturated heterocycles. The van der Waals surface area contributed by atoms with E-state index in [1.165, 1.54) is 15.9 Å². The molecule has 0 unspecified atom stereocenters. The molecule has 0 saturated carbocycles. The Morgan fingerprint density at radius 2 is 1.85 bits per heavy atom. The molecule has 0 spiro atoms. The predicted octanol–water partition coefficient (Wildman–Crippen LogP) is 5.49. The molecule has 130 valence electrons. The van der Waals surface area contributed by atoms with E-state index in [0.717, 1.165) is 0 Å². The normalized spacial score (nSPS) is 19.6. The Kier molecular flexibility index (Phi) is 1.38. The first-order valence-electron chi connectivity index (χ1n) is 14.6. The molecule has 0 aliphatic carbocycles. The topological polar surface area (TPSA) is 9.03 Å². The number of hydrogen-bond donors (Lipinski definition) is 0. The molecule has 3 aromatic carbocycles. The maximum Gasteiger partial charge on any atom is 0.295 e. The number of pyridine rings is 1. The minimum atomic E-state index is -2.87. The second-order valence-corrected chi connectivity index (χ2v) is 6.90. The lowest BCUT2D eigenvalue weighted by atomic mass is 9.98. The molecule has 2 heteroatoms. The van der Waals surface area contributed by atoms with Crippen LogP contribution in [0.2, 0.25) is 0 Å². The van der Waals surface area contributed by atoms with Crippen LogP contribution in [0.25, 0.3) is 38.6 Å². The zero-order valence-corrected chi connectivity index (χ0v) is 14.7. The highest BCUT2D eigenvalue weighted by Crippen LogP contribution is 2.37. The Morgan fingerprint density at radius 1 is 1.00 bits per heavy atom. The van der Waals surface area contributed by atoms with Gasteiger partial charge in [0.15, 0.2) is 5.69 Å². The maximum absolute atomic E-state index is 9.19. The average molecular weight is 362 g/mol. The van der Waals surface area contributed by atoms with E-state index >= 15 is 0 Å². The Balaban J connectivity index is 2.02. The van der Waals surface area contributed by atoms with Gasteiger partial charge in [0.25, 0.3) is 5.65 Å². The van der Waals surface area contributed by atoms with Gasteiger partial charge >= 0.3 is 0 Å². The van der Waals surface area contributed by atoms with Crippen LogP contribution in [0.1, 0.15) is 38.7 Å². The average Bonchev–Trinajstić information content (AvgIpc) is 3.38. The van der Waals surface area contributed by atoms with Crippen molar-refractivity contribution in [3.05, 3.63) is 82.8 Å². The molecule has 2 nitrogen and oxygen atoms in total. The van der Waals surface area contributed by atoms with Gasteiger partial charge in [0.1, 0.15) is 19.6 Å². The molecule has 0 atom stereocenters. The minimum absolute atomic E-state index is 0.00191. The zero-order valence-electron chi connectivity index (χ0n) is 26.7. The smallest absolute Gasteiger partial charge is 0.225 e. The van der Waals surface area contributed by atoms with Gasteiger partial charge < -0.3 is 0 Å². The molecule has 1 aliphatic rings. The van der Waals surface area contributed by atoms with Crippen LogP contribution in [-0.4, -0.2) is 4.57 Å². The first-order chi connectivity index (χ1) is 18.1. The summed E-state index contributed by atoms with van der Waals surface area (Å²) in [5.41, 5.74) is 0.836. The van der Waals surface area contributed by atoms with Crippen molar-refractivity contribution in [2.24, 2.45) is 0 Å². The molecule has 5 aromatic rings. The number of rotatable bonds is 1. The number of aromatic nitrogens is 2. The van der Waals surface area contributed by atoms with E-state index in [1.807, 2.05) is 0 Å². The van der Waals surface area contributed by atoms with Crippen molar-refractivity contribution in [2.75, 3.05) is 0 Å². The molecular formula is C25H21N2+. The van der Waals surface area contributed by atoms with Gasteiger partial charge in [-0.05, 0) is 43.9 Å². The van der Waals surface area contributed by atoms with Gasteiger partial charge in [-0.1, -0.05) is 47.9 Å². The largest absolute Gasteiger partial charge is 0.295 e. The number of aryl methyl sites for hydroxylation is 1. The molecule has 1 aliphatic heterocycles. The lowest BCUT2D eigenvalue weighted by Gasteiger charge is -2.09. The van der Waals surface area contributed by atoms with E-state index in [0.29, 0.717) is 32.9 Å². The predicted molar refractivity (Wildman–Crippen MR) is 111 cm³/mol. The Bertz CT molecular complexity index is 1990. The third-order valence-electron chi connectivity index (χ3n) is 5.21. The Morgan fingerprint density at radius 3 is 2.74 bits per heavy atom. The fourth-order valence-corrected chi connectivity index (χ4v) is 4.08. The van der Waals surface area contributed by atoms with Gasteiger partial charge in [-0.3, -0.25) is 0 Å². The fraction of sp³-hybridized carbons (Fsp3) is 0.160. The SMILES string of the molecule is [2H]c1c([2H])c(C)c(-c2c([2H])n3c4c5c(c([2H])c([2H])c([2H])c5c5cc(C)c([2H])c([2H])c5[n+]24)C3)c(C([2H])([2H])[2H])c1[2H]. The standard InChI is InChI=1S/C25H21N2/c1-15-10-11-21-20(12-15)19-9-5-8-18-13-26-14-22(27(21)25(26)24(18)19)23-16(2)6-4-7-17(23)3/h4-12,14H,13H2,1-3H3/q+1/i2D3,4D,5D,6D,7D,8D,9D,10D,11D,14D. The van der Waals surface area contributed by atoms with E-state index in [-0.39, 0.29) is 71.3 Å².